The molecular weight excluding hydrogens is 272 g/mol. The lowest BCUT2D eigenvalue weighted by molar-refractivity contribution is 0.112. The number of hydrogen-bond acceptors (Lipinski definition) is 2. The van der Waals surface area contributed by atoms with Crippen molar-refractivity contribution < 1.29 is 0 Å². The highest BCUT2D eigenvalue weighted by molar-refractivity contribution is 5.77. The molecule has 0 aliphatic carbocycles. The smallest absolute Gasteiger partial charge is 0.188 e. The molecule has 1 aromatic rings. The van der Waals surface area contributed by atoms with E-state index >= 15 is 0 Å². The summed E-state index contributed by atoms with van der Waals surface area (Å²) in [6.45, 7) is 10.4. The average Bonchev–Trinajstić information content (AvgIpc) is 2.53. The molecule has 1 aliphatic rings. The van der Waals surface area contributed by atoms with Gasteiger partial charge in [0, 0.05) is 25.2 Å². The number of nitrogens with two attached hydrogens (primary N) is 1. The Hall–Kier alpha value is -1.55. The molecule has 0 radical (unpaired) electrons. The number of nitrogens with one attached hydrogen (secondary N) is 1. The Morgan fingerprint density at radius 2 is 2.05 bits per heavy atom. The summed E-state index contributed by atoms with van der Waals surface area (Å²) in [6.07, 6.45) is 3.41. The minimum Gasteiger partial charge on any atom is -0.370 e. The third-order valence-electron chi connectivity index (χ3n) is 4.46. The third-order valence-corrected chi connectivity index (χ3v) is 4.46. The van der Waals surface area contributed by atoms with Crippen LogP contribution in [-0.4, -0.2) is 36.0 Å². The van der Waals surface area contributed by atoms with E-state index in [1.807, 2.05) is 0 Å². The molecule has 3 N–H and O–H groups in total. The average molecular weight is 302 g/mol. The molecule has 122 valence electrons. The zero-order chi connectivity index (χ0) is 16.0. The Bertz CT molecular complexity index is 508. The van der Waals surface area contributed by atoms with Gasteiger partial charge in [0.1, 0.15) is 0 Å². The van der Waals surface area contributed by atoms with Crippen molar-refractivity contribution >= 4 is 5.96 Å². The highest BCUT2D eigenvalue weighted by Gasteiger charge is 2.29. The number of guanidine groups is 1. The van der Waals surface area contributed by atoms with Crippen LogP contribution in [0.25, 0.3) is 0 Å². The van der Waals surface area contributed by atoms with Crippen molar-refractivity contribution in [2.45, 2.75) is 52.1 Å². The van der Waals surface area contributed by atoms with Crippen molar-refractivity contribution in [3.8, 4) is 0 Å². The number of nitrogens with zero attached hydrogens (tertiary/aromatic N) is 2. The van der Waals surface area contributed by atoms with Crippen LogP contribution in [0.1, 0.15) is 44.7 Å². The molecule has 0 atom stereocenters. The summed E-state index contributed by atoms with van der Waals surface area (Å²) in [5.41, 5.74) is 8.90. The molecule has 0 aromatic heterocycles. The summed E-state index contributed by atoms with van der Waals surface area (Å²) in [7, 11) is 0. The van der Waals surface area contributed by atoms with Crippen LogP contribution >= 0.6 is 0 Å². The first-order valence-corrected chi connectivity index (χ1v) is 8.38. The molecule has 0 saturated carbocycles. The third kappa shape index (κ3) is 4.47. The summed E-state index contributed by atoms with van der Waals surface area (Å²) in [5.74, 6) is 0.568. The standard InChI is InChI=1S/C18H30N4/c1-4-5-11-20-17(19)21-14-18(2,3)22-12-10-15-8-6-7-9-16(15)13-22/h6-9H,4-5,10-14H2,1-3H3,(H3,19,20,21). The van der Waals surface area contributed by atoms with Gasteiger partial charge < -0.3 is 11.1 Å². The van der Waals surface area contributed by atoms with Gasteiger partial charge in [-0.25, -0.2) is 0 Å². The lowest BCUT2D eigenvalue weighted by Gasteiger charge is -2.40. The minimum absolute atomic E-state index is 0.0184. The first kappa shape index (κ1) is 16.8. The number of rotatable bonds is 6. The normalized spacial score (nSPS) is 16.4. The van der Waals surface area contributed by atoms with Gasteiger partial charge in [-0.3, -0.25) is 9.89 Å². The van der Waals surface area contributed by atoms with Gasteiger partial charge in [0.05, 0.1) is 6.54 Å². The van der Waals surface area contributed by atoms with E-state index in [2.05, 4.69) is 60.2 Å². The maximum Gasteiger partial charge on any atom is 0.188 e. The summed E-state index contributed by atoms with van der Waals surface area (Å²) in [6, 6.07) is 8.74. The first-order valence-electron chi connectivity index (χ1n) is 8.38. The van der Waals surface area contributed by atoms with Crippen LogP contribution in [0.3, 0.4) is 0 Å². The van der Waals surface area contributed by atoms with E-state index in [1.165, 1.54) is 17.5 Å². The van der Waals surface area contributed by atoms with Gasteiger partial charge in [0.15, 0.2) is 5.96 Å². The van der Waals surface area contributed by atoms with Crippen molar-refractivity contribution in [1.29, 1.82) is 0 Å². The van der Waals surface area contributed by atoms with E-state index in [9.17, 15) is 0 Å². The summed E-state index contributed by atoms with van der Waals surface area (Å²) in [5, 5.41) is 3.18. The fourth-order valence-electron chi connectivity index (χ4n) is 2.84. The fourth-order valence-corrected chi connectivity index (χ4v) is 2.84. The molecule has 0 bridgehead atoms. The van der Waals surface area contributed by atoms with Crippen LogP contribution < -0.4 is 11.1 Å². The Balaban J connectivity index is 1.92. The van der Waals surface area contributed by atoms with Gasteiger partial charge in [0.2, 0.25) is 0 Å². The fraction of sp³-hybridized carbons (Fsp3) is 0.611. The molecule has 22 heavy (non-hydrogen) atoms. The Labute approximate surface area is 134 Å². The van der Waals surface area contributed by atoms with Crippen molar-refractivity contribution in [2.24, 2.45) is 10.7 Å². The van der Waals surface area contributed by atoms with Gasteiger partial charge in [-0.1, -0.05) is 37.6 Å². The number of fused-ring (bicyclic) bond motifs is 1. The van der Waals surface area contributed by atoms with Crippen molar-refractivity contribution in [1.82, 2.24) is 10.2 Å². The lowest BCUT2D eigenvalue weighted by Crippen LogP contribution is -2.49. The van der Waals surface area contributed by atoms with E-state index in [1.54, 1.807) is 0 Å². The summed E-state index contributed by atoms with van der Waals surface area (Å²) >= 11 is 0. The molecule has 4 heteroatoms. The van der Waals surface area contributed by atoms with Gasteiger partial charge in [-0.05, 0) is 37.8 Å². The monoisotopic (exact) mass is 302 g/mol. The molecule has 0 spiro atoms. The molecule has 0 unspecified atom stereocenters. The number of benzene rings is 1. The maximum atomic E-state index is 5.95. The van der Waals surface area contributed by atoms with Crippen LogP contribution in [0.15, 0.2) is 29.3 Å². The highest BCUT2D eigenvalue weighted by Crippen LogP contribution is 2.25. The summed E-state index contributed by atoms with van der Waals surface area (Å²) < 4.78 is 0. The molecule has 1 aliphatic heterocycles. The molecule has 4 nitrogen and oxygen atoms in total. The predicted octanol–water partition coefficient (Wildman–Crippen LogP) is 2.53. The number of aliphatic imine (C=N–C) groups is 1. The molecule has 1 heterocycles. The largest absolute Gasteiger partial charge is 0.370 e. The minimum atomic E-state index is 0.0184. The van der Waals surface area contributed by atoms with Gasteiger partial charge in [0.25, 0.3) is 0 Å². The molecule has 1 aromatic carbocycles. The SMILES string of the molecule is CCCCNC(N)=NCC(C)(C)N1CCc2ccccc2C1. The second-order valence-corrected chi connectivity index (χ2v) is 6.73. The van der Waals surface area contributed by atoms with Crippen LogP contribution in [0.4, 0.5) is 0 Å². The van der Waals surface area contributed by atoms with Crippen LogP contribution in [0.5, 0.6) is 0 Å². The topological polar surface area (TPSA) is 53.6 Å². The molecule has 0 amide bonds. The van der Waals surface area contributed by atoms with Gasteiger partial charge in [-0.15, -0.1) is 0 Å². The number of hydrogen-bond donors (Lipinski definition) is 2. The second kappa shape index (κ2) is 7.63. The zero-order valence-electron chi connectivity index (χ0n) is 14.2. The predicted molar refractivity (Wildman–Crippen MR) is 94.0 cm³/mol. The van der Waals surface area contributed by atoms with E-state index in [0.717, 1.165) is 39.0 Å². The van der Waals surface area contributed by atoms with E-state index in [0.29, 0.717) is 5.96 Å². The van der Waals surface area contributed by atoms with Crippen LogP contribution in [0.2, 0.25) is 0 Å². The van der Waals surface area contributed by atoms with E-state index in [4.69, 9.17) is 5.73 Å². The van der Waals surface area contributed by atoms with Crippen molar-refractivity contribution in [3.63, 3.8) is 0 Å². The van der Waals surface area contributed by atoms with Gasteiger partial charge >= 0.3 is 0 Å². The lowest BCUT2D eigenvalue weighted by atomic mass is 9.94. The quantitative estimate of drug-likeness (QED) is 0.482. The van der Waals surface area contributed by atoms with Crippen molar-refractivity contribution in [2.75, 3.05) is 19.6 Å². The maximum absolute atomic E-state index is 5.95. The van der Waals surface area contributed by atoms with Crippen LogP contribution in [0, 0.1) is 0 Å². The molecule has 2 rings (SSSR count). The van der Waals surface area contributed by atoms with E-state index in [-0.39, 0.29) is 5.54 Å². The van der Waals surface area contributed by atoms with Crippen molar-refractivity contribution in [3.05, 3.63) is 35.4 Å². The van der Waals surface area contributed by atoms with Crippen LogP contribution in [-0.2, 0) is 13.0 Å². The molecule has 0 saturated heterocycles. The Morgan fingerprint density at radius 3 is 2.77 bits per heavy atom. The molecule has 0 fully saturated rings. The second-order valence-electron chi connectivity index (χ2n) is 6.73. The summed E-state index contributed by atoms with van der Waals surface area (Å²) in [4.78, 5) is 7.05. The number of unbranched alkanes of at least 4 members (excludes halogenated alkanes) is 1. The highest BCUT2D eigenvalue weighted by atomic mass is 15.2. The Morgan fingerprint density at radius 1 is 1.32 bits per heavy atom. The van der Waals surface area contributed by atoms with Gasteiger partial charge in [-0.2, -0.15) is 0 Å². The Kier molecular flexibility index (Phi) is 5.83. The molecular formula is C18H30N4. The first-order chi connectivity index (χ1) is 10.5. The zero-order valence-corrected chi connectivity index (χ0v) is 14.2. The van der Waals surface area contributed by atoms with E-state index < -0.39 is 0 Å².